The first-order valence-electron chi connectivity index (χ1n) is 5.74. The van der Waals surface area contributed by atoms with E-state index in [1.54, 1.807) is 0 Å². The highest BCUT2D eigenvalue weighted by Gasteiger charge is 2.09. The summed E-state index contributed by atoms with van der Waals surface area (Å²) in [6.45, 7) is 0.196. The number of aromatic amines is 2. The van der Waals surface area contributed by atoms with Gasteiger partial charge in [0, 0.05) is 12.6 Å². The number of fused-ring (bicyclic) bond motifs is 1. The summed E-state index contributed by atoms with van der Waals surface area (Å²) in [4.78, 5) is 16.6. The Bertz CT molecular complexity index is 544. The minimum atomic E-state index is -0.187. The third-order valence-corrected chi connectivity index (χ3v) is 2.94. The van der Waals surface area contributed by atoms with Crippen molar-refractivity contribution in [1.82, 2.24) is 15.3 Å². The number of aliphatic hydroxyl groups excluding tert-OH is 1. The number of rotatable bonds is 5. The van der Waals surface area contributed by atoms with E-state index in [1.807, 2.05) is 25.2 Å². The summed E-state index contributed by atoms with van der Waals surface area (Å²) >= 11 is 0. The minimum Gasteiger partial charge on any atom is -0.396 e. The van der Waals surface area contributed by atoms with Gasteiger partial charge >= 0.3 is 5.69 Å². The second-order valence-electron chi connectivity index (χ2n) is 4.09. The van der Waals surface area contributed by atoms with Gasteiger partial charge in [-0.2, -0.15) is 0 Å². The molecule has 17 heavy (non-hydrogen) atoms. The zero-order valence-corrected chi connectivity index (χ0v) is 9.79. The standard InChI is InChI=1S/C12H17N3O2/c1-13-9(3-2-6-16)8-4-5-10-11(7-8)15-12(17)14-10/h4-5,7,9,13,16H,2-3,6H2,1H3,(H2,14,15,17). The predicted octanol–water partition coefficient (Wildman–Crippen LogP) is 0.889. The first-order valence-corrected chi connectivity index (χ1v) is 5.74. The molecule has 0 spiro atoms. The molecular formula is C12H17N3O2. The van der Waals surface area contributed by atoms with E-state index in [9.17, 15) is 4.79 Å². The van der Waals surface area contributed by atoms with E-state index < -0.39 is 0 Å². The monoisotopic (exact) mass is 235 g/mol. The largest absolute Gasteiger partial charge is 0.396 e. The van der Waals surface area contributed by atoms with Crippen LogP contribution in [0.15, 0.2) is 23.0 Å². The summed E-state index contributed by atoms with van der Waals surface area (Å²) in [6.07, 6.45) is 1.63. The van der Waals surface area contributed by atoms with Crippen LogP contribution in [0.2, 0.25) is 0 Å². The maximum atomic E-state index is 11.2. The smallest absolute Gasteiger partial charge is 0.323 e. The van der Waals surface area contributed by atoms with Crippen LogP contribution in [0.25, 0.3) is 11.0 Å². The lowest BCUT2D eigenvalue weighted by Crippen LogP contribution is -2.16. The van der Waals surface area contributed by atoms with Crippen LogP contribution < -0.4 is 11.0 Å². The lowest BCUT2D eigenvalue weighted by atomic mass is 10.0. The Morgan fingerprint density at radius 1 is 1.35 bits per heavy atom. The first-order chi connectivity index (χ1) is 8.24. The van der Waals surface area contributed by atoms with Gasteiger partial charge < -0.3 is 20.4 Å². The number of benzene rings is 1. The van der Waals surface area contributed by atoms with Gasteiger partial charge in [-0.25, -0.2) is 4.79 Å². The second kappa shape index (κ2) is 5.16. The van der Waals surface area contributed by atoms with Crippen LogP contribution in [0.3, 0.4) is 0 Å². The Morgan fingerprint density at radius 3 is 2.82 bits per heavy atom. The number of aromatic nitrogens is 2. The molecule has 1 unspecified atom stereocenters. The highest BCUT2D eigenvalue weighted by atomic mass is 16.2. The predicted molar refractivity (Wildman–Crippen MR) is 67.0 cm³/mol. The molecule has 0 aliphatic heterocycles. The van der Waals surface area contributed by atoms with Gasteiger partial charge in [0.25, 0.3) is 0 Å². The average Bonchev–Trinajstić information content (AvgIpc) is 2.69. The molecule has 0 aliphatic carbocycles. The van der Waals surface area contributed by atoms with Crippen LogP contribution in [0.5, 0.6) is 0 Å². The van der Waals surface area contributed by atoms with Crippen molar-refractivity contribution in [3.8, 4) is 0 Å². The highest BCUT2D eigenvalue weighted by molar-refractivity contribution is 5.75. The fourth-order valence-corrected chi connectivity index (χ4v) is 2.04. The number of nitrogens with one attached hydrogen (secondary N) is 3. The number of hydrogen-bond donors (Lipinski definition) is 4. The van der Waals surface area contributed by atoms with Crippen molar-refractivity contribution in [2.45, 2.75) is 18.9 Å². The third-order valence-electron chi connectivity index (χ3n) is 2.94. The van der Waals surface area contributed by atoms with Crippen molar-refractivity contribution >= 4 is 11.0 Å². The maximum Gasteiger partial charge on any atom is 0.323 e. The zero-order chi connectivity index (χ0) is 12.3. The van der Waals surface area contributed by atoms with E-state index in [4.69, 9.17) is 5.11 Å². The van der Waals surface area contributed by atoms with E-state index in [2.05, 4.69) is 15.3 Å². The van der Waals surface area contributed by atoms with Crippen molar-refractivity contribution in [2.75, 3.05) is 13.7 Å². The molecule has 5 heteroatoms. The van der Waals surface area contributed by atoms with Crippen LogP contribution in [0.4, 0.5) is 0 Å². The first kappa shape index (κ1) is 11.9. The van der Waals surface area contributed by atoms with Crippen molar-refractivity contribution in [3.05, 3.63) is 34.2 Å². The Labute approximate surface area is 98.9 Å². The summed E-state index contributed by atoms with van der Waals surface area (Å²) in [5, 5.41) is 12.1. The van der Waals surface area contributed by atoms with Crippen LogP contribution >= 0.6 is 0 Å². The van der Waals surface area contributed by atoms with E-state index in [0.29, 0.717) is 0 Å². The molecule has 0 radical (unpaired) electrons. The van der Waals surface area contributed by atoms with Crippen LogP contribution in [0.1, 0.15) is 24.4 Å². The Hall–Kier alpha value is -1.59. The Kier molecular flexibility index (Phi) is 3.61. The Balaban J connectivity index is 2.30. The van der Waals surface area contributed by atoms with Crippen molar-refractivity contribution in [2.24, 2.45) is 0 Å². The molecule has 0 bridgehead atoms. The van der Waals surface area contributed by atoms with E-state index in [0.717, 1.165) is 29.4 Å². The van der Waals surface area contributed by atoms with Gasteiger partial charge in [0.1, 0.15) is 0 Å². The van der Waals surface area contributed by atoms with Gasteiger partial charge in [0.05, 0.1) is 11.0 Å². The lowest BCUT2D eigenvalue weighted by Gasteiger charge is -2.15. The summed E-state index contributed by atoms with van der Waals surface area (Å²) in [5.41, 5.74) is 2.56. The number of hydrogen-bond acceptors (Lipinski definition) is 3. The van der Waals surface area contributed by atoms with Crippen molar-refractivity contribution < 1.29 is 5.11 Å². The molecule has 1 aromatic carbocycles. The Morgan fingerprint density at radius 2 is 2.12 bits per heavy atom. The molecule has 0 fully saturated rings. The fraction of sp³-hybridized carbons (Fsp3) is 0.417. The molecule has 4 N–H and O–H groups in total. The van der Waals surface area contributed by atoms with Gasteiger partial charge in [-0.3, -0.25) is 0 Å². The van der Waals surface area contributed by atoms with Crippen LogP contribution in [-0.2, 0) is 0 Å². The molecule has 2 aromatic rings. The normalized spacial score (nSPS) is 13.1. The molecule has 0 amide bonds. The second-order valence-corrected chi connectivity index (χ2v) is 4.09. The zero-order valence-electron chi connectivity index (χ0n) is 9.79. The topological polar surface area (TPSA) is 80.9 Å². The summed E-state index contributed by atoms with van der Waals surface area (Å²) in [5.74, 6) is 0. The lowest BCUT2D eigenvalue weighted by molar-refractivity contribution is 0.276. The molecule has 2 rings (SSSR count). The fourth-order valence-electron chi connectivity index (χ4n) is 2.04. The van der Waals surface area contributed by atoms with Gasteiger partial charge in [-0.05, 0) is 37.6 Å². The quantitative estimate of drug-likeness (QED) is 0.621. The molecular weight excluding hydrogens is 218 g/mol. The van der Waals surface area contributed by atoms with Crippen molar-refractivity contribution in [1.29, 1.82) is 0 Å². The van der Waals surface area contributed by atoms with Gasteiger partial charge in [-0.15, -0.1) is 0 Å². The minimum absolute atomic E-state index is 0.187. The number of aliphatic hydroxyl groups is 1. The van der Waals surface area contributed by atoms with Crippen molar-refractivity contribution in [3.63, 3.8) is 0 Å². The van der Waals surface area contributed by atoms with Gasteiger partial charge in [0.2, 0.25) is 0 Å². The van der Waals surface area contributed by atoms with E-state index in [-0.39, 0.29) is 18.3 Å². The molecule has 1 atom stereocenters. The number of imidazole rings is 1. The van der Waals surface area contributed by atoms with Crippen LogP contribution in [-0.4, -0.2) is 28.7 Å². The van der Waals surface area contributed by atoms with Gasteiger partial charge in [-0.1, -0.05) is 6.07 Å². The van der Waals surface area contributed by atoms with E-state index in [1.165, 1.54) is 0 Å². The molecule has 0 saturated carbocycles. The van der Waals surface area contributed by atoms with Crippen LogP contribution in [0, 0.1) is 0 Å². The molecule has 0 aliphatic rings. The average molecular weight is 235 g/mol. The summed E-state index contributed by atoms with van der Waals surface area (Å²) in [7, 11) is 1.89. The molecule has 1 heterocycles. The third kappa shape index (κ3) is 2.57. The van der Waals surface area contributed by atoms with Gasteiger partial charge in [0.15, 0.2) is 0 Å². The molecule has 0 saturated heterocycles. The highest BCUT2D eigenvalue weighted by Crippen LogP contribution is 2.20. The van der Waals surface area contributed by atoms with E-state index >= 15 is 0 Å². The molecule has 1 aromatic heterocycles. The SMILES string of the molecule is CNC(CCCO)c1ccc2[nH]c(=O)[nH]c2c1. The summed E-state index contributed by atoms with van der Waals surface area (Å²) in [6, 6.07) is 6.05. The summed E-state index contributed by atoms with van der Waals surface area (Å²) < 4.78 is 0. The molecule has 5 nitrogen and oxygen atoms in total. The molecule has 92 valence electrons. The number of H-pyrrole nitrogens is 2. The maximum absolute atomic E-state index is 11.2.